The highest BCUT2D eigenvalue weighted by molar-refractivity contribution is 5.87. The maximum Gasteiger partial charge on any atom is 0.251 e. The molecular formula is C17H22N2O2. The van der Waals surface area contributed by atoms with Crippen molar-refractivity contribution in [2.45, 2.75) is 26.3 Å². The number of methoxy groups -OCH3 is 1. The van der Waals surface area contributed by atoms with Crippen LogP contribution in [0.3, 0.4) is 0 Å². The number of nitrogens with one attached hydrogen (secondary N) is 1. The Morgan fingerprint density at radius 1 is 1.33 bits per heavy atom. The van der Waals surface area contributed by atoms with Gasteiger partial charge >= 0.3 is 0 Å². The van der Waals surface area contributed by atoms with Crippen LogP contribution < -0.4 is 15.6 Å². The molecule has 0 radical (unpaired) electrons. The monoisotopic (exact) mass is 286 g/mol. The number of hydrogen-bond donors (Lipinski definition) is 1. The first-order valence-electron chi connectivity index (χ1n) is 7.58. The number of pyridine rings is 1. The Morgan fingerprint density at radius 3 is 2.81 bits per heavy atom. The van der Waals surface area contributed by atoms with Gasteiger partial charge in [-0.15, -0.1) is 0 Å². The van der Waals surface area contributed by atoms with Gasteiger partial charge in [0.05, 0.1) is 12.6 Å². The Balaban J connectivity index is 2.13. The van der Waals surface area contributed by atoms with Crippen molar-refractivity contribution in [1.29, 1.82) is 0 Å². The summed E-state index contributed by atoms with van der Waals surface area (Å²) >= 11 is 0. The first kappa shape index (κ1) is 14.1. The summed E-state index contributed by atoms with van der Waals surface area (Å²) in [5, 5.41) is 4.47. The number of fused-ring (bicyclic) bond motifs is 1. The number of rotatable bonds is 3. The summed E-state index contributed by atoms with van der Waals surface area (Å²) in [6.45, 7) is 4.84. The highest BCUT2D eigenvalue weighted by atomic mass is 16.5. The van der Waals surface area contributed by atoms with Crippen molar-refractivity contribution in [2.24, 2.45) is 5.92 Å². The van der Waals surface area contributed by atoms with Crippen LogP contribution >= 0.6 is 0 Å². The van der Waals surface area contributed by atoms with Gasteiger partial charge in [-0.1, -0.05) is 12.1 Å². The fourth-order valence-corrected chi connectivity index (χ4v) is 3.24. The highest BCUT2D eigenvalue weighted by Gasteiger charge is 2.17. The Labute approximate surface area is 124 Å². The summed E-state index contributed by atoms with van der Waals surface area (Å²) in [4.78, 5) is 12.5. The van der Waals surface area contributed by atoms with Crippen LogP contribution in [0.4, 0.5) is 0 Å². The van der Waals surface area contributed by atoms with Crippen LogP contribution in [0.1, 0.15) is 18.4 Å². The van der Waals surface area contributed by atoms with Crippen molar-refractivity contribution in [2.75, 3.05) is 20.2 Å². The fourth-order valence-electron chi connectivity index (χ4n) is 3.24. The fraction of sp³-hybridized carbons (Fsp3) is 0.471. The SMILES string of the molecule is COc1cccc2c(C)cc(=O)n(CC3CCNCC3)c12. The highest BCUT2D eigenvalue weighted by Crippen LogP contribution is 2.27. The van der Waals surface area contributed by atoms with Gasteiger partial charge in [-0.05, 0) is 50.4 Å². The minimum atomic E-state index is 0.0723. The third kappa shape index (κ3) is 2.68. The van der Waals surface area contributed by atoms with Crippen molar-refractivity contribution in [3.8, 4) is 5.75 Å². The summed E-state index contributed by atoms with van der Waals surface area (Å²) < 4.78 is 7.40. The molecule has 4 nitrogen and oxygen atoms in total. The Kier molecular flexibility index (Phi) is 3.97. The van der Waals surface area contributed by atoms with Gasteiger partial charge in [0.1, 0.15) is 5.75 Å². The molecule has 0 aliphatic carbocycles. The third-order valence-electron chi connectivity index (χ3n) is 4.42. The molecule has 1 aromatic heterocycles. The van der Waals surface area contributed by atoms with E-state index >= 15 is 0 Å². The lowest BCUT2D eigenvalue weighted by atomic mass is 9.97. The van der Waals surface area contributed by atoms with E-state index in [4.69, 9.17) is 4.74 Å². The molecule has 0 amide bonds. The van der Waals surface area contributed by atoms with Crippen LogP contribution in [0, 0.1) is 12.8 Å². The molecular weight excluding hydrogens is 264 g/mol. The average molecular weight is 286 g/mol. The predicted octanol–water partition coefficient (Wildman–Crippen LogP) is 2.32. The second-order valence-electron chi connectivity index (χ2n) is 5.83. The summed E-state index contributed by atoms with van der Waals surface area (Å²) in [5.74, 6) is 1.34. The molecule has 1 aliphatic heterocycles. The lowest BCUT2D eigenvalue weighted by Gasteiger charge is -2.24. The third-order valence-corrected chi connectivity index (χ3v) is 4.42. The minimum Gasteiger partial charge on any atom is -0.495 e. The van der Waals surface area contributed by atoms with Gasteiger partial charge in [0, 0.05) is 18.0 Å². The smallest absolute Gasteiger partial charge is 0.251 e. The number of nitrogens with zero attached hydrogens (tertiary/aromatic N) is 1. The van der Waals surface area contributed by atoms with Crippen LogP contribution in [0.25, 0.3) is 10.9 Å². The zero-order valence-corrected chi connectivity index (χ0v) is 12.7. The molecule has 112 valence electrons. The predicted molar refractivity (Wildman–Crippen MR) is 85.1 cm³/mol. The number of aromatic nitrogens is 1. The van der Waals surface area contributed by atoms with Crippen LogP contribution in [-0.2, 0) is 6.54 Å². The zero-order chi connectivity index (χ0) is 14.8. The molecule has 4 heteroatoms. The summed E-state index contributed by atoms with van der Waals surface area (Å²) in [5.41, 5.74) is 2.02. The van der Waals surface area contributed by atoms with Crippen LogP contribution in [0.5, 0.6) is 5.75 Å². The molecule has 1 N–H and O–H groups in total. The van der Waals surface area contributed by atoms with Gasteiger partial charge < -0.3 is 14.6 Å². The molecule has 1 aliphatic rings. The van der Waals surface area contributed by atoms with E-state index < -0.39 is 0 Å². The molecule has 1 saturated heterocycles. The molecule has 0 saturated carbocycles. The number of piperidine rings is 1. The van der Waals surface area contributed by atoms with Crippen LogP contribution in [0.15, 0.2) is 29.1 Å². The quantitative estimate of drug-likeness (QED) is 0.941. The number of para-hydroxylation sites is 1. The Hall–Kier alpha value is -1.81. The van der Waals surface area contributed by atoms with Crippen molar-refractivity contribution in [3.63, 3.8) is 0 Å². The van der Waals surface area contributed by atoms with Gasteiger partial charge in [0.2, 0.25) is 0 Å². The largest absolute Gasteiger partial charge is 0.495 e. The van der Waals surface area contributed by atoms with E-state index in [-0.39, 0.29) is 5.56 Å². The number of benzene rings is 1. The van der Waals surface area contributed by atoms with Crippen molar-refractivity contribution in [1.82, 2.24) is 9.88 Å². The molecule has 21 heavy (non-hydrogen) atoms. The standard InChI is InChI=1S/C17H22N2O2/c1-12-10-16(20)19(11-13-6-8-18-9-7-13)17-14(12)4-3-5-15(17)21-2/h3-5,10,13,18H,6-9,11H2,1-2H3. The van der Waals surface area contributed by atoms with Crippen molar-refractivity contribution >= 4 is 10.9 Å². The molecule has 2 heterocycles. The topological polar surface area (TPSA) is 43.3 Å². The number of hydrogen-bond acceptors (Lipinski definition) is 3. The molecule has 1 fully saturated rings. The molecule has 1 aromatic carbocycles. The summed E-state index contributed by atoms with van der Waals surface area (Å²) in [7, 11) is 1.66. The molecule has 2 aromatic rings. The zero-order valence-electron chi connectivity index (χ0n) is 12.7. The van der Waals surface area contributed by atoms with E-state index in [0.717, 1.165) is 54.7 Å². The first-order valence-corrected chi connectivity index (χ1v) is 7.58. The second-order valence-corrected chi connectivity index (χ2v) is 5.83. The maximum absolute atomic E-state index is 12.5. The normalized spacial score (nSPS) is 16.3. The number of ether oxygens (including phenoxy) is 1. The van der Waals surface area contributed by atoms with E-state index in [0.29, 0.717) is 5.92 Å². The van der Waals surface area contributed by atoms with Gasteiger partial charge in [-0.25, -0.2) is 0 Å². The summed E-state index contributed by atoms with van der Waals surface area (Å²) in [6, 6.07) is 7.71. The van der Waals surface area contributed by atoms with Gasteiger partial charge in [0.25, 0.3) is 5.56 Å². The lowest BCUT2D eigenvalue weighted by Crippen LogP contribution is -2.32. The molecule has 0 spiro atoms. The van der Waals surface area contributed by atoms with Gasteiger partial charge in [-0.3, -0.25) is 4.79 Å². The van der Waals surface area contributed by atoms with Gasteiger partial charge in [0.15, 0.2) is 0 Å². The van der Waals surface area contributed by atoms with E-state index in [9.17, 15) is 4.79 Å². The lowest BCUT2D eigenvalue weighted by molar-refractivity contribution is 0.332. The van der Waals surface area contributed by atoms with E-state index in [2.05, 4.69) is 11.4 Å². The first-order chi connectivity index (χ1) is 10.2. The van der Waals surface area contributed by atoms with Gasteiger partial charge in [-0.2, -0.15) is 0 Å². The molecule has 0 unspecified atom stereocenters. The average Bonchev–Trinajstić information content (AvgIpc) is 2.51. The Morgan fingerprint density at radius 2 is 2.10 bits per heavy atom. The molecule has 0 atom stereocenters. The van der Waals surface area contributed by atoms with Crippen molar-refractivity contribution in [3.05, 3.63) is 40.2 Å². The second kappa shape index (κ2) is 5.90. The van der Waals surface area contributed by atoms with Crippen LogP contribution in [-0.4, -0.2) is 24.8 Å². The molecule has 0 bridgehead atoms. The number of aryl methyl sites for hydroxylation is 1. The maximum atomic E-state index is 12.5. The minimum absolute atomic E-state index is 0.0723. The van der Waals surface area contributed by atoms with Crippen molar-refractivity contribution < 1.29 is 4.74 Å². The van der Waals surface area contributed by atoms with E-state index in [1.165, 1.54) is 0 Å². The summed E-state index contributed by atoms with van der Waals surface area (Å²) in [6.07, 6.45) is 2.24. The van der Waals surface area contributed by atoms with Crippen LogP contribution in [0.2, 0.25) is 0 Å². The van der Waals surface area contributed by atoms with E-state index in [1.807, 2.05) is 23.6 Å². The molecule has 3 rings (SSSR count). The Bertz CT molecular complexity index is 700. The van der Waals surface area contributed by atoms with E-state index in [1.54, 1.807) is 13.2 Å².